The van der Waals surface area contributed by atoms with E-state index in [2.05, 4.69) is 54.0 Å². The monoisotopic (exact) mass is 528 g/mol. The number of carbonyl (C=O) groups is 1. The van der Waals surface area contributed by atoms with Gasteiger partial charge in [0.25, 0.3) is 0 Å². The zero-order chi connectivity index (χ0) is 27.9. The molecule has 5 atom stereocenters. The van der Waals surface area contributed by atoms with Crippen molar-refractivity contribution in [3.05, 3.63) is 52.6 Å². The molecule has 5 unspecified atom stereocenters. The molecule has 210 valence electrons. The third kappa shape index (κ3) is 5.63. The average molecular weight is 529 g/mol. The second-order valence-electron chi connectivity index (χ2n) is 14.0. The van der Waals surface area contributed by atoms with Crippen molar-refractivity contribution in [3.8, 4) is 12.3 Å². The van der Waals surface area contributed by atoms with Gasteiger partial charge in [-0.05, 0) is 119 Å². The first-order chi connectivity index (χ1) is 18.5. The molecule has 4 aliphatic carbocycles. The van der Waals surface area contributed by atoms with E-state index in [1.165, 1.54) is 22.4 Å². The number of fused-ring (bicyclic) bond motifs is 4. The number of likely N-dealkylation sites (N-methyl/N-ethyl adjacent to an activating group) is 1. The van der Waals surface area contributed by atoms with Crippen molar-refractivity contribution in [1.82, 2.24) is 4.90 Å². The van der Waals surface area contributed by atoms with Crippen LogP contribution in [0.1, 0.15) is 84.1 Å². The molecular formula is C35H48N2O2. The molecule has 0 bridgehead atoms. The standard InChI is InChI=1S/C29H38N2O2.C6H10/c1-29-18-25(19-3-6-21(7-4-19)31-15-13-30(2)14-16-31)28-23-10-8-22(32)17-20(23)5-9-24(28)26(29)11-12-27(29)33;1-5-6(2,3)4/h3-4,6-7,17,24-27,33H,5,8-16,18H2,1-2H3;1H,2-4H3. The summed E-state index contributed by atoms with van der Waals surface area (Å²) in [6, 6.07) is 9.37. The highest BCUT2D eigenvalue weighted by molar-refractivity contribution is 5.93. The Morgan fingerprint density at radius 1 is 1.00 bits per heavy atom. The Bertz CT molecular complexity index is 1170. The van der Waals surface area contributed by atoms with Crippen molar-refractivity contribution in [1.29, 1.82) is 0 Å². The van der Waals surface area contributed by atoms with Crippen LogP contribution in [0, 0.1) is 35.0 Å². The fourth-order valence-corrected chi connectivity index (χ4v) is 7.91. The van der Waals surface area contributed by atoms with Gasteiger partial charge in [-0.2, -0.15) is 0 Å². The Morgan fingerprint density at radius 2 is 1.67 bits per heavy atom. The number of carbonyl (C=O) groups excluding carboxylic acids is 1. The zero-order valence-electron chi connectivity index (χ0n) is 24.8. The number of rotatable bonds is 2. The van der Waals surface area contributed by atoms with E-state index in [9.17, 15) is 9.90 Å². The van der Waals surface area contributed by atoms with Crippen LogP contribution in [0.4, 0.5) is 5.69 Å². The first-order valence-corrected chi connectivity index (χ1v) is 15.2. The summed E-state index contributed by atoms with van der Waals surface area (Å²) in [4.78, 5) is 17.1. The Balaban J connectivity index is 0.000000465. The SMILES string of the molecule is C#CC(C)(C)C.CN1CCN(c2ccc(C3CC4(C)C(O)CCC4C4CCC5=CC(=O)CCC5=C34)cc2)CC1. The highest BCUT2D eigenvalue weighted by Crippen LogP contribution is 2.63. The predicted molar refractivity (Wildman–Crippen MR) is 161 cm³/mol. The second-order valence-corrected chi connectivity index (χ2v) is 14.0. The number of allylic oxidation sites excluding steroid dienone is 4. The Labute approximate surface area is 236 Å². The van der Waals surface area contributed by atoms with E-state index in [1.807, 2.05) is 26.8 Å². The molecule has 1 aromatic carbocycles. The highest BCUT2D eigenvalue weighted by atomic mass is 16.3. The number of nitrogens with zero attached hydrogens (tertiary/aromatic N) is 2. The Morgan fingerprint density at radius 3 is 2.31 bits per heavy atom. The van der Waals surface area contributed by atoms with E-state index < -0.39 is 0 Å². The number of aliphatic hydroxyl groups excluding tert-OH is 1. The third-order valence-corrected chi connectivity index (χ3v) is 10.3. The van der Waals surface area contributed by atoms with Crippen LogP contribution in [0.3, 0.4) is 0 Å². The maximum Gasteiger partial charge on any atom is 0.156 e. The molecule has 3 fully saturated rings. The molecule has 1 aromatic rings. The van der Waals surface area contributed by atoms with Crippen LogP contribution >= 0.6 is 0 Å². The fraction of sp³-hybridized carbons (Fsp3) is 0.629. The largest absolute Gasteiger partial charge is 0.393 e. The summed E-state index contributed by atoms with van der Waals surface area (Å²) >= 11 is 0. The quantitative estimate of drug-likeness (QED) is 0.454. The topological polar surface area (TPSA) is 43.8 Å². The third-order valence-electron chi connectivity index (χ3n) is 10.3. The molecule has 0 radical (unpaired) electrons. The van der Waals surface area contributed by atoms with Crippen LogP contribution in [-0.4, -0.2) is 55.1 Å². The number of hydrogen-bond donors (Lipinski definition) is 1. The lowest BCUT2D eigenvalue weighted by Crippen LogP contribution is -2.45. The molecule has 0 spiro atoms. The molecule has 1 N–H and O–H groups in total. The van der Waals surface area contributed by atoms with Crippen LogP contribution in [-0.2, 0) is 4.79 Å². The highest BCUT2D eigenvalue weighted by Gasteiger charge is 2.56. The van der Waals surface area contributed by atoms with E-state index in [0.29, 0.717) is 30.0 Å². The van der Waals surface area contributed by atoms with Crippen molar-refractivity contribution in [2.45, 2.75) is 84.7 Å². The van der Waals surface area contributed by atoms with Crippen molar-refractivity contribution in [3.63, 3.8) is 0 Å². The molecule has 0 amide bonds. The van der Waals surface area contributed by atoms with Crippen LogP contribution in [0.2, 0.25) is 0 Å². The number of terminal acetylenes is 1. The average Bonchev–Trinajstić information content (AvgIpc) is 3.22. The van der Waals surface area contributed by atoms with Crippen molar-refractivity contribution in [2.24, 2.45) is 22.7 Å². The smallest absolute Gasteiger partial charge is 0.156 e. The maximum atomic E-state index is 12.2. The van der Waals surface area contributed by atoms with E-state index in [-0.39, 0.29) is 16.9 Å². The van der Waals surface area contributed by atoms with Gasteiger partial charge in [0.15, 0.2) is 5.78 Å². The second kappa shape index (κ2) is 10.9. The minimum absolute atomic E-state index is 0.00121. The molecule has 39 heavy (non-hydrogen) atoms. The molecular weight excluding hydrogens is 480 g/mol. The number of benzene rings is 1. The van der Waals surface area contributed by atoms with Gasteiger partial charge in [-0.1, -0.05) is 24.6 Å². The minimum Gasteiger partial charge on any atom is -0.393 e. The summed E-state index contributed by atoms with van der Waals surface area (Å²) in [6.45, 7) is 12.8. The van der Waals surface area contributed by atoms with E-state index in [0.717, 1.165) is 64.7 Å². The van der Waals surface area contributed by atoms with Gasteiger partial charge in [0.2, 0.25) is 0 Å². The molecule has 2 saturated carbocycles. The molecule has 4 nitrogen and oxygen atoms in total. The van der Waals surface area contributed by atoms with Gasteiger partial charge in [0.1, 0.15) is 0 Å². The summed E-state index contributed by atoms with van der Waals surface area (Å²) in [5.74, 6) is 4.40. The van der Waals surface area contributed by atoms with Crippen molar-refractivity contribution < 1.29 is 9.90 Å². The normalized spacial score (nSPS) is 32.8. The lowest BCUT2D eigenvalue weighted by atomic mass is 9.53. The fourth-order valence-electron chi connectivity index (χ4n) is 7.91. The van der Waals surface area contributed by atoms with E-state index in [1.54, 1.807) is 5.57 Å². The van der Waals surface area contributed by atoms with Crippen molar-refractivity contribution in [2.75, 3.05) is 38.1 Å². The van der Waals surface area contributed by atoms with Gasteiger partial charge in [0.05, 0.1) is 6.10 Å². The van der Waals surface area contributed by atoms with Gasteiger partial charge in [-0.15, -0.1) is 12.3 Å². The molecule has 5 aliphatic rings. The first kappa shape index (κ1) is 28.2. The van der Waals surface area contributed by atoms with Gasteiger partial charge < -0.3 is 14.9 Å². The minimum atomic E-state index is -0.189. The molecule has 1 saturated heterocycles. The number of anilines is 1. The van der Waals surface area contributed by atoms with Crippen LogP contribution in [0.15, 0.2) is 47.1 Å². The summed E-state index contributed by atoms with van der Waals surface area (Å²) in [5, 5.41) is 11.1. The summed E-state index contributed by atoms with van der Waals surface area (Å²) in [7, 11) is 2.20. The molecule has 4 heteroatoms. The number of piperazine rings is 1. The lowest BCUT2D eigenvalue weighted by molar-refractivity contribution is -0.114. The molecule has 1 aliphatic heterocycles. The molecule has 6 rings (SSSR count). The van der Waals surface area contributed by atoms with Crippen LogP contribution < -0.4 is 4.90 Å². The number of ketones is 1. The van der Waals surface area contributed by atoms with Crippen LogP contribution in [0.5, 0.6) is 0 Å². The van der Waals surface area contributed by atoms with Gasteiger partial charge in [0, 0.05) is 49.6 Å². The maximum absolute atomic E-state index is 12.2. The van der Waals surface area contributed by atoms with Crippen molar-refractivity contribution >= 4 is 11.5 Å². The summed E-state index contributed by atoms with van der Waals surface area (Å²) in [6.07, 6.45) is 13.7. The van der Waals surface area contributed by atoms with E-state index in [4.69, 9.17) is 6.42 Å². The number of hydrogen-bond acceptors (Lipinski definition) is 4. The van der Waals surface area contributed by atoms with Gasteiger partial charge >= 0.3 is 0 Å². The van der Waals surface area contributed by atoms with Crippen LogP contribution in [0.25, 0.3) is 0 Å². The van der Waals surface area contributed by atoms with Gasteiger partial charge in [-0.25, -0.2) is 0 Å². The van der Waals surface area contributed by atoms with Gasteiger partial charge in [-0.3, -0.25) is 4.79 Å². The van der Waals surface area contributed by atoms with E-state index >= 15 is 0 Å². The lowest BCUT2D eigenvalue weighted by Gasteiger charge is -2.52. The Hall–Kier alpha value is -2.35. The summed E-state index contributed by atoms with van der Waals surface area (Å²) < 4.78 is 0. The predicted octanol–water partition coefficient (Wildman–Crippen LogP) is 6.36. The molecule has 1 heterocycles. The Kier molecular flexibility index (Phi) is 7.88. The summed E-state index contributed by atoms with van der Waals surface area (Å²) in [5.41, 5.74) is 7.25. The zero-order valence-corrected chi connectivity index (χ0v) is 24.8. The molecule has 0 aromatic heterocycles. The first-order valence-electron chi connectivity index (χ1n) is 15.2. The number of aliphatic hydroxyl groups is 1.